The first-order chi connectivity index (χ1) is 5.12. The molecule has 0 heterocycles. The molecule has 11 heavy (non-hydrogen) atoms. The SMILES string of the molecule is NC1(CC(=O)O)CC[C@@H]2C[C@@H]21. The van der Waals surface area contributed by atoms with E-state index in [1.165, 1.54) is 6.42 Å². The molecule has 62 valence electrons. The molecule has 0 radical (unpaired) electrons. The molecule has 0 amide bonds. The lowest BCUT2D eigenvalue weighted by molar-refractivity contribution is -0.138. The average molecular weight is 155 g/mol. The monoisotopic (exact) mass is 155 g/mol. The van der Waals surface area contributed by atoms with E-state index in [0.29, 0.717) is 5.92 Å². The Labute approximate surface area is 65.6 Å². The van der Waals surface area contributed by atoms with Crippen molar-refractivity contribution in [2.45, 2.75) is 31.2 Å². The van der Waals surface area contributed by atoms with Gasteiger partial charge in [0.2, 0.25) is 0 Å². The van der Waals surface area contributed by atoms with Crippen molar-refractivity contribution >= 4 is 5.97 Å². The minimum Gasteiger partial charge on any atom is -0.481 e. The summed E-state index contributed by atoms with van der Waals surface area (Å²) in [4.78, 5) is 10.4. The second kappa shape index (κ2) is 1.97. The first-order valence-electron chi connectivity index (χ1n) is 4.12. The van der Waals surface area contributed by atoms with Crippen LogP contribution >= 0.6 is 0 Å². The Morgan fingerprint density at radius 3 is 2.82 bits per heavy atom. The number of aliphatic carboxylic acids is 1. The molecule has 2 rings (SSSR count). The maximum atomic E-state index is 10.4. The molecule has 0 aromatic rings. The molecular formula is C8H13NO2. The molecule has 2 saturated carbocycles. The summed E-state index contributed by atoms with van der Waals surface area (Å²) >= 11 is 0. The van der Waals surface area contributed by atoms with Crippen molar-refractivity contribution in [3.8, 4) is 0 Å². The normalized spacial score (nSPS) is 47.0. The van der Waals surface area contributed by atoms with E-state index in [-0.39, 0.29) is 12.0 Å². The molecule has 0 bridgehead atoms. The first-order valence-corrected chi connectivity index (χ1v) is 4.12. The third-order valence-electron chi connectivity index (χ3n) is 3.12. The van der Waals surface area contributed by atoms with Gasteiger partial charge in [0, 0.05) is 5.54 Å². The summed E-state index contributed by atoms with van der Waals surface area (Å²) in [6, 6.07) is 0. The summed E-state index contributed by atoms with van der Waals surface area (Å²) in [5, 5.41) is 8.60. The molecule has 2 aliphatic carbocycles. The zero-order valence-electron chi connectivity index (χ0n) is 6.42. The number of fused-ring (bicyclic) bond motifs is 1. The van der Waals surface area contributed by atoms with Crippen LogP contribution in [0.5, 0.6) is 0 Å². The summed E-state index contributed by atoms with van der Waals surface area (Å²) in [6.07, 6.45) is 3.39. The molecule has 3 atom stereocenters. The van der Waals surface area contributed by atoms with Crippen molar-refractivity contribution in [3.05, 3.63) is 0 Å². The molecule has 2 aliphatic rings. The number of carbonyl (C=O) groups is 1. The van der Waals surface area contributed by atoms with E-state index in [1.54, 1.807) is 0 Å². The van der Waals surface area contributed by atoms with Crippen LogP contribution in [0, 0.1) is 11.8 Å². The number of carboxylic acids is 1. The second-order valence-corrected chi connectivity index (χ2v) is 3.94. The van der Waals surface area contributed by atoms with Gasteiger partial charge in [-0.25, -0.2) is 0 Å². The van der Waals surface area contributed by atoms with Gasteiger partial charge in [0.05, 0.1) is 6.42 Å². The molecule has 0 spiro atoms. The smallest absolute Gasteiger partial charge is 0.305 e. The third-order valence-corrected chi connectivity index (χ3v) is 3.12. The van der Waals surface area contributed by atoms with Crippen LogP contribution in [-0.2, 0) is 4.79 Å². The minimum absolute atomic E-state index is 0.161. The molecule has 0 aromatic carbocycles. The maximum Gasteiger partial charge on any atom is 0.305 e. The van der Waals surface area contributed by atoms with E-state index < -0.39 is 5.97 Å². The Bertz CT molecular complexity index is 204. The van der Waals surface area contributed by atoms with Gasteiger partial charge < -0.3 is 10.8 Å². The van der Waals surface area contributed by atoms with Crippen LogP contribution in [-0.4, -0.2) is 16.6 Å². The Hall–Kier alpha value is -0.570. The highest BCUT2D eigenvalue weighted by Gasteiger charge is 2.56. The van der Waals surface area contributed by atoms with Gasteiger partial charge in [-0.1, -0.05) is 0 Å². The number of hydrogen-bond acceptors (Lipinski definition) is 2. The van der Waals surface area contributed by atoms with E-state index in [2.05, 4.69) is 0 Å². The van der Waals surface area contributed by atoms with E-state index in [0.717, 1.165) is 18.8 Å². The molecule has 3 nitrogen and oxygen atoms in total. The highest BCUT2D eigenvalue weighted by atomic mass is 16.4. The van der Waals surface area contributed by atoms with Crippen molar-refractivity contribution in [3.63, 3.8) is 0 Å². The van der Waals surface area contributed by atoms with Gasteiger partial charge in [0.25, 0.3) is 0 Å². The van der Waals surface area contributed by atoms with Crippen LogP contribution in [0.1, 0.15) is 25.7 Å². The quantitative estimate of drug-likeness (QED) is 0.613. The van der Waals surface area contributed by atoms with Crippen molar-refractivity contribution in [2.75, 3.05) is 0 Å². The van der Waals surface area contributed by atoms with Gasteiger partial charge in [0.15, 0.2) is 0 Å². The van der Waals surface area contributed by atoms with Gasteiger partial charge in [0.1, 0.15) is 0 Å². The highest BCUT2D eigenvalue weighted by molar-refractivity contribution is 5.68. The molecule has 0 aromatic heterocycles. The number of nitrogens with two attached hydrogens (primary N) is 1. The molecule has 0 aliphatic heterocycles. The summed E-state index contributed by atoms with van der Waals surface area (Å²) in [5.41, 5.74) is 5.61. The Kier molecular flexibility index (Phi) is 1.27. The van der Waals surface area contributed by atoms with E-state index >= 15 is 0 Å². The van der Waals surface area contributed by atoms with E-state index in [1.807, 2.05) is 0 Å². The van der Waals surface area contributed by atoms with Crippen LogP contribution in [0.15, 0.2) is 0 Å². The van der Waals surface area contributed by atoms with Crippen LogP contribution in [0.4, 0.5) is 0 Å². The lowest BCUT2D eigenvalue weighted by Crippen LogP contribution is -2.42. The van der Waals surface area contributed by atoms with Crippen LogP contribution in [0.3, 0.4) is 0 Å². The predicted octanol–water partition coefficient (Wildman–Crippen LogP) is 0.588. The zero-order chi connectivity index (χ0) is 8.06. The Morgan fingerprint density at radius 1 is 1.73 bits per heavy atom. The van der Waals surface area contributed by atoms with E-state index in [9.17, 15) is 4.79 Å². The van der Waals surface area contributed by atoms with Gasteiger partial charge in [-0.2, -0.15) is 0 Å². The van der Waals surface area contributed by atoms with Crippen molar-refractivity contribution in [2.24, 2.45) is 17.6 Å². The van der Waals surface area contributed by atoms with Gasteiger partial charge in [-0.15, -0.1) is 0 Å². The molecule has 1 unspecified atom stereocenters. The van der Waals surface area contributed by atoms with Crippen molar-refractivity contribution in [1.29, 1.82) is 0 Å². The Balaban J connectivity index is 2.04. The fourth-order valence-corrected chi connectivity index (χ4v) is 2.41. The lowest BCUT2D eigenvalue weighted by atomic mass is 9.91. The minimum atomic E-state index is -0.750. The number of carboxylic acid groups (broad SMARTS) is 1. The second-order valence-electron chi connectivity index (χ2n) is 3.94. The highest BCUT2D eigenvalue weighted by Crippen LogP contribution is 2.57. The largest absolute Gasteiger partial charge is 0.481 e. The molecule has 0 saturated heterocycles. The molecule has 3 heteroatoms. The summed E-state index contributed by atoms with van der Waals surface area (Å²) in [6.45, 7) is 0. The predicted molar refractivity (Wildman–Crippen MR) is 40.0 cm³/mol. The molecule has 2 fully saturated rings. The average Bonchev–Trinajstić information content (AvgIpc) is 2.55. The first kappa shape index (κ1) is 7.10. The van der Waals surface area contributed by atoms with Crippen molar-refractivity contribution in [1.82, 2.24) is 0 Å². The summed E-state index contributed by atoms with van der Waals surface area (Å²) in [5.74, 6) is 0.540. The standard InChI is InChI=1S/C8H13NO2/c9-8(4-7(10)11)2-1-5-3-6(5)8/h5-6H,1-4,9H2,(H,10,11)/t5-,6+,8?/m1/s1. The zero-order valence-corrected chi connectivity index (χ0v) is 6.42. The number of hydrogen-bond donors (Lipinski definition) is 2. The van der Waals surface area contributed by atoms with E-state index in [4.69, 9.17) is 10.8 Å². The lowest BCUT2D eigenvalue weighted by Gasteiger charge is -2.23. The Morgan fingerprint density at radius 2 is 2.45 bits per heavy atom. The maximum absolute atomic E-state index is 10.4. The van der Waals surface area contributed by atoms with Gasteiger partial charge >= 0.3 is 5.97 Å². The summed E-state index contributed by atoms with van der Waals surface area (Å²) in [7, 11) is 0. The van der Waals surface area contributed by atoms with Crippen molar-refractivity contribution < 1.29 is 9.90 Å². The van der Waals surface area contributed by atoms with Gasteiger partial charge in [-0.05, 0) is 31.1 Å². The number of rotatable bonds is 2. The third kappa shape index (κ3) is 1.03. The molecule has 3 N–H and O–H groups in total. The van der Waals surface area contributed by atoms with Crippen LogP contribution in [0.2, 0.25) is 0 Å². The van der Waals surface area contributed by atoms with Crippen LogP contribution < -0.4 is 5.73 Å². The van der Waals surface area contributed by atoms with Gasteiger partial charge in [-0.3, -0.25) is 4.79 Å². The van der Waals surface area contributed by atoms with Crippen LogP contribution in [0.25, 0.3) is 0 Å². The fraction of sp³-hybridized carbons (Fsp3) is 0.875. The topological polar surface area (TPSA) is 63.3 Å². The fourth-order valence-electron chi connectivity index (χ4n) is 2.41. The molecular weight excluding hydrogens is 142 g/mol. The summed E-state index contributed by atoms with van der Waals surface area (Å²) < 4.78 is 0.